The summed E-state index contributed by atoms with van der Waals surface area (Å²) < 4.78 is 9.86. The summed E-state index contributed by atoms with van der Waals surface area (Å²) in [5.74, 6) is -0.694. The van der Waals surface area contributed by atoms with Crippen LogP contribution in [0, 0.1) is 10.1 Å². The SMILES string of the molecule is CCOc1ccc(NC(=O)c2cc(C(=O)OC)cc([N+](=O)[O-])c2)cc1. The van der Waals surface area contributed by atoms with E-state index < -0.39 is 16.8 Å². The first-order chi connectivity index (χ1) is 11.9. The molecule has 130 valence electrons. The largest absolute Gasteiger partial charge is 0.494 e. The fourth-order valence-electron chi connectivity index (χ4n) is 2.09. The number of amides is 1. The highest BCUT2D eigenvalue weighted by Gasteiger charge is 2.18. The maximum absolute atomic E-state index is 12.3. The monoisotopic (exact) mass is 344 g/mol. The zero-order valence-corrected chi connectivity index (χ0v) is 13.6. The highest BCUT2D eigenvalue weighted by Crippen LogP contribution is 2.20. The van der Waals surface area contributed by atoms with Crippen molar-refractivity contribution in [3.05, 3.63) is 63.7 Å². The zero-order chi connectivity index (χ0) is 18.4. The number of hydrogen-bond acceptors (Lipinski definition) is 6. The van der Waals surface area contributed by atoms with Crippen molar-refractivity contribution in [3.8, 4) is 5.75 Å². The Bertz CT molecular complexity index is 801. The molecular weight excluding hydrogens is 328 g/mol. The zero-order valence-electron chi connectivity index (χ0n) is 13.6. The number of anilines is 1. The van der Waals surface area contributed by atoms with Crippen LogP contribution in [0.3, 0.4) is 0 Å². The average molecular weight is 344 g/mol. The molecule has 0 fully saturated rings. The van der Waals surface area contributed by atoms with Crippen LogP contribution in [0.4, 0.5) is 11.4 Å². The molecule has 8 heteroatoms. The lowest BCUT2D eigenvalue weighted by molar-refractivity contribution is -0.384. The fourth-order valence-corrected chi connectivity index (χ4v) is 2.09. The van der Waals surface area contributed by atoms with E-state index in [1.54, 1.807) is 24.3 Å². The van der Waals surface area contributed by atoms with Gasteiger partial charge in [0.25, 0.3) is 11.6 Å². The van der Waals surface area contributed by atoms with Gasteiger partial charge in [0.05, 0.1) is 24.2 Å². The smallest absolute Gasteiger partial charge is 0.338 e. The average Bonchev–Trinajstić information content (AvgIpc) is 2.62. The van der Waals surface area contributed by atoms with Crippen LogP contribution < -0.4 is 10.1 Å². The summed E-state index contributed by atoms with van der Waals surface area (Å²) in [5.41, 5.74) is 0.0105. The molecule has 25 heavy (non-hydrogen) atoms. The summed E-state index contributed by atoms with van der Waals surface area (Å²) >= 11 is 0. The number of non-ortho nitro benzene ring substituents is 1. The fraction of sp³-hybridized carbons (Fsp3) is 0.176. The molecule has 0 aromatic heterocycles. The number of benzene rings is 2. The predicted molar refractivity (Wildman–Crippen MR) is 90.0 cm³/mol. The molecule has 1 amide bonds. The summed E-state index contributed by atoms with van der Waals surface area (Å²) in [7, 11) is 1.15. The van der Waals surface area contributed by atoms with E-state index >= 15 is 0 Å². The number of nitrogens with one attached hydrogen (secondary N) is 1. The van der Waals surface area contributed by atoms with Crippen molar-refractivity contribution in [2.24, 2.45) is 0 Å². The summed E-state index contributed by atoms with van der Waals surface area (Å²) in [6.07, 6.45) is 0. The first-order valence-electron chi connectivity index (χ1n) is 7.36. The minimum Gasteiger partial charge on any atom is -0.494 e. The predicted octanol–water partition coefficient (Wildman–Crippen LogP) is 3.03. The lowest BCUT2D eigenvalue weighted by Crippen LogP contribution is -2.14. The van der Waals surface area contributed by atoms with E-state index in [-0.39, 0.29) is 16.8 Å². The molecule has 0 bridgehead atoms. The van der Waals surface area contributed by atoms with Crippen LogP contribution in [-0.2, 0) is 4.74 Å². The van der Waals surface area contributed by atoms with Crippen molar-refractivity contribution in [2.75, 3.05) is 19.0 Å². The minimum absolute atomic E-state index is 0.0246. The lowest BCUT2D eigenvalue weighted by Gasteiger charge is -2.08. The molecule has 2 aromatic rings. The highest BCUT2D eigenvalue weighted by molar-refractivity contribution is 6.06. The molecule has 2 aromatic carbocycles. The van der Waals surface area contributed by atoms with Gasteiger partial charge in [-0.25, -0.2) is 4.79 Å². The molecule has 0 aliphatic heterocycles. The van der Waals surface area contributed by atoms with E-state index in [0.29, 0.717) is 18.0 Å². The number of carbonyl (C=O) groups excluding carboxylic acids is 2. The standard InChI is InChI=1S/C17H16N2O6/c1-3-25-15-6-4-13(5-7-15)18-16(20)11-8-12(17(21)24-2)10-14(9-11)19(22)23/h4-10H,3H2,1-2H3,(H,18,20). The Morgan fingerprint density at radius 2 is 1.76 bits per heavy atom. The maximum Gasteiger partial charge on any atom is 0.338 e. The molecule has 0 saturated heterocycles. The van der Waals surface area contributed by atoms with Crippen molar-refractivity contribution >= 4 is 23.3 Å². The third-order valence-corrected chi connectivity index (χ3v) is 3.24. The summed E-state index contributed by atoms with van der Waals surface area (Å²) in [5, 5.41) is 13.6. The highest BCUT2D eigenvalue weighted by atomic mass is 16.6. The number of nitro benzene ring substituents is 1. The van der Waals surface area contributed by atoms with Crippen molar-refractivity contribution in [2.45, 2.75) is 6.92 Å². The van der Waals surface area contributed by atoms with Gasteiger partial charge < -0.3 is 14.8 Å². The van der Waals surface area contributed by atoms with Crippen LogP contribution in [0.1, 0.15) is 27.6 Å². The van der Waals surface area contributed by atoms with Gasteiger partial charge in [-0.15, -0.1) is 0 Å². The molecule has 0 aliphatic carbocycles. The topological polar surface area (TPSA) is 108 Å². The van der Waals surface area contributed by atoms with Gasteiger partial charge in [-0.3, -0.25) is 14.9 Å². The molecule has 0 unspecified atom stereocenters. The van der Waals surface area contributed by atoms with Crippen LogP contribution in [0.25, 0.3) is 0 Å². The van der Waals surface area contributed by atoms with Gasteiger partial charge in [0.2, 0.25) is 0 Å². The molecule has 0 radical (unpaired) electrons. The van der Waals surface area contributed by atoms with Gasteiger partial charge in [-0.1, -0.05) is 0 Å². The van der Waals surface area contributed by atoms with Gasteiger partial charge in [-0.05, 0) is 37.3 Å². The van der Waals surface area contributed by atoms with E-state index in [2.05, 4.69) is 10.1 Å². The summed E-state index contributed by atoms with van der Waals surface area (Å²) in [6, 6.07) is 10.0. The molecule has 0 saturated carbocycles. The van der Waals surface area contributed by atoms with Gasteiger partial charge >= 0.3 is 5.97 Å². The lowest BCUT2D eigenvalue weighted by atomic mass is 10.1. The maximum atomic E-state index is 12.3. The van der Waals surface area contributed by atoms with Gasteiger partial charge in [0, 0.05) is 23.4 Å². The van der Waals surface area contributed by atoms with E-state index in [4.69, 9.17) is 4.74 Å². The summed E-state index contributed by atoms with van der Waals surface area (Å²) in [6.45, 7) is 2.38. The van der Waals surface area contributed by atoms with E-state index in [9.17, 15) is 19.7 Å². The van der Waals surface area contributed by atoms with E-state index in [1.165, 1.54) is 6.07 Å². The second-order valence-corrected chi connectivity index (χ2v) is 4.93. The quantitative estimate of drug-likeness (QED) is 0.490. The number of esters is 1. The number of rotatable bonds is 6. The van der Waals surface area contributed by atoms with Crippen LogP contribution in [0.15, 0.2) is 42.5 Å². The number of ether oxygens (including phenoxy) is 2. The van der Waals surface area contributed by atoms with Crippen molar-refractivity contribution in [1.29, 1.82) is 0 Å². The van der Waals surface area contributed by atoms with Crippen molar-refractivity contribution < 1.29 is 24.0 Å². The van der Waals surface area contributed by atoms with Crippen LogP contribution >= 0.6 is 0 Å². The van der Waals surface area contributed by atoms with Crippen LogP contribution in [0.2, 0.25) is 0 Å². The molecular formula is C17H16N2O6. The minimum atomic E-state index is -0.765. The third kappa shape index (κ3) is 4.54. The van der Waals surface area contributed by atoms with Crippen LogP contribution in [0.5, 0.6) is 5.75 Å². The third-order valence-electron chi connectivity index (χ3n) is 3.24. The second kappa shape index (κ2) is 7.91. The first kappa shape index (κ1) is 17.9. The molecule has 0 spiro atoms. The van der Waals surface area contributed by atoms with E-state index in [0.717, 1.165) is 19.2 Å². The first-order valence-corrected chi connectivity index (χ1v) is 7.36. The Balaban J connectivity index is 2.26. The van der Waals surface area contributed by atoms with Gasteiger partial charge in [0.15, 0.2) is 0 Å². The van der Waals surface area contributed by atoms with Crippen molar-refractivity contribution in [1.82, 2.24) is 0 Å². The van der Waals surface area contributed by atoms with Crippen molar-refractivity contribution in [3.63, 3.8) is 0 Å². The Labute approximate surface area is 143 Å². The van der Waals surface area contributed by atoms with E-state index in [1.807, 2.05) is 6.92 Å². The Hall–Kier alpha value is -3.42. The Kier molecular flexibility index (Phi) is 5.67. The number of carbonyl (C=O) groups is 2. The molecule has 1 N–H and O–H groups in total. The van der Waals surface area contributed by atoms with Gasteiger partial charge in [0.1, 0.15) is 5.75 Å². The Morgan fingerprint density at radius 1 is 1.12 bits per heavy atom. The normalized spacial score (nSPS) is 10.0. The van der Waals surface area contributed by atoms with Crippen LogP contribution in [-0.4, -0.2) is 30.5 Å². The molecule has 8 nitrogen and oxygen atoms in total. The molecule has 0 atom stereocenters. The molecule has 2 rings (SSSR count). The van der Waals surface area contributed by atoms with Gasteiger partial charge in [-0.2, -0.15) is 0 Å². The Morgan fingerprint density at radius 3 is 2.32 bits per heavy atom. The number of hydrogen-bond donors (Lipinski definition) is 1. The second-order valence-electron chi connectivity index (χ2n) is 4.93. The molecule has 0 aliphatic rings. The number of nitrogens with zero attached hydrogens (tertiary/aromatic N) is 1. The summed E-state index contributed by atoms with van der Waals surface area (Å²) in [4.78, 5) is 34.3. The number of methoxy groups -OCH3 is 1. The molecule has 0 heterocycles. The number of nitro groups is 1.